The van der Waals surface area contributed by atoms with E-state index in [0.717, 1.165) is 30.6 Å². The third-order valence-electron chi connectivity index (χ3n) is 5.80. The molecule has 5 heteroatoms. The molecule has 0 aliphatic carbocycles. The summed E-state index contributed by atoms with van der Waals surface area (Å²) in [6.07, 6.45) is 2.09. The van der Waals surface area contributed by atoms with Crippen molar-refractivity contribution in [1.82, 2.24) is 4.90 Å². The smallest absolute Gasteiger partial charge is 0.410 e. The number of carbonyl (C=O) groups is 1. The molecule has 5 nitrogen and oxygen atoms in total. The van der Waals surface area contributed by atoms with Crippen LogP contribution in [0.3, 0.4) is 0 Å². The average Bonchev–Trinajstić information content (AvgIpc) is 2.68. The van der Waals surface area contributed by atoms with Crippen LogP contribution >= 0.6 is 0 Å². The Kier molecular flexibility index (Phi) is 4.93. The second-order valence-electron chi connectivity index (χ2n) is 9.14. The van der Waals surface area contributed by atoms with Crippen molar-refractivity contribution in [2.45, 2.75) is 57.2 Å². The van der Waals surface area contributed by atoms with Gasteiger partial charge in [-0.05, 0) is 51.0 Å². The lowest BCUT2D eigenvalue weighted by molar-refractivity contribution is -0.0302. The van der Waals surface area contributed by atoms with Gasteiger partial charge in [-0.1, -0.05) is 30.3 Å². The monoisotopic (exact) mass is 395 g/mol. The van der Waals surface area contributed by atoms with Crippen LogP contribution in [0.5, 0.6) is 11.5 Å². The van der Waals surface area contributed by atoms with Gasteiger partial charge in [0.1, 0.15) is 22.7 Å². The Morgan fingerprint density at radius 1 is 1.14 bits per heavy atom. The van der Waals surface area contributed by atoms with E-state index in [1.54, 1.807) is 11.0 Å². The van der Waals surface area contributed by atoms with Crippen molar-refractivity contribution in [3.8, 4) is 11.5 Å². The Balaban J connectivity index is 1.57. The number of likely N-dealkylation sites (tertiary alicyclic amines) is 1. The van der Waals surface area contributed by atoms with Crippen molar-refractivity contribution in [1.29, 1.82) is 0 Å². The standard InChI is InChI=1S/C24H29NO4/c1-23(2,3)29-22(27)25-13-11-24(12-14-25)16-20(17-7-5-4-6-8-17)19-15-18(26)9-10-21(19)28-24/h4-10,15,20,26H,11-14,16H2,1-3H3. The van der Waals surface area contributed by atoms with E-state index in [0.29, 0.717) is 13.1 Å². The average molecular weight is 395 g/mol. The lowest BCUT2D eigenvalue weighted by Gasteiger charge is -2.47. The van der Waals surface area contributed by atoms with Crippen LogP contribution in [0.4, 0.5) is 4.79 Å². The van der Waals surface area contributed by atoms with Gasteiger partial charge in [0.2, 0.25) is 0 Å². The molecule has 29 heavy (non-hydrogen) atoms. The molecular formula is C24H29NO4. The van der Waals surface area contributed by atoms with Crippen LogP contribution in [0.25, 0.3) is 0 Å². The van der Waals surface area contributed by atoms with Crippen molar-refractivity contribution in [2.75, 3.05) is 13.1 Å². The molecule has 2 aliphatic heterocycles. The van der Waals surface area contributed by atoms with E-state index in [2.05, 4.69) is 12.1 Å². The van der Waals surface area contributed by atoms with Gasteiger partial charge in [-0.2, -0.15) is 0 Å². The highest BCUT2D eigenvalue weighted by molar-refractivity contribution is 5.68. The van der Waals surface area contributed by atoms with E-state index in [4.69, 9.17) is 9.47 Å². The van der Waals surface area contributed by atoms with Gasteiger partial charge >= 0.3 is 6.09 Å². The van der Waals surface area contributed by atoms with Crippen molar-refractivity contribution < 1.29 is 19.4 Å². The number of phenols is 1. The maximum Gasteiger partial charge on any atom is 0.410 e. The Morgan fingerprint density at radius 2 is 1.83 bits per heavy atom. The van der Waals surface area contributed by atoms with Gasteiger partial charge in [0, 0.05) is 37.4 Å². The molecule has 0 radical (unpaired) electrons. The summed E-state index contributed by atoms with van der Waals surface area (Å²) in [7, 11) is 0. The quantitative estimate of drug-likeness (QED) is 0.732. The molecule has 2 heterocycles. The largest absolute Gasteiger partial charge is 0.508 e. The number of rotatable bonds is 1. The molecule has 1 saturated heterocycles. The Morgan fingerprint density at radius 3 is 2.48 bits per heavy atom. The van der Waals surface area contributed by atoms with Crippen molar-refractivity contribution in [2.24, 2.45) is 0 Å². The maximum atomic E-state index is 12.4. The van der Waals surface area contributed by atoms with Gasteiger partial charge in [-0.15, -0.1) is 0 Å². The topological polar surface area (TPSA) is 59.0 Å². The summed E-state index contributed by atoms with van der Waals surface area (Å²) in [5.74, 6) is 1.23. The van der Waals surface area contributed by atoms with E-state index < -0.39 is 5.60 Å². The normalized spacial score (nSPS) is 20.7. The van der Waals surface area contributed by atoms with Crippen LogP contribution in [0.15, 0.2) is 48.5 Å². The predicted molar refractivity (Wildman–Crippen MR) is 111 cm³/mol. The summed E-state index contributed by atoms with van der Waals surface area (Å²) in [5, 5.41) is 10.0. The summed E-state index contributed by atoms with van der Waals surface area (Å²) in [6, 6.07) is 15.7. The number of carbonyl (C=O) groups excluding carboxylic acids is 1. The van der Waals surface area contributed by atoms with Gasteiger partial charge < -0.3 is 19.5 Å². The van der Waals surface area contributed by atoms with Crippen LogP contribution in [-0.4, -0.2) is 40.4 Å². The second-order valence-corrected chi connectivity index (χ2v) is 9.14. The number of nitrogens with zero attached hydrogens (tertiary/aromatic N) is 1. The minimum absolute atomic E-state index is 0.153. The first-order valence-corrected chi connectivity index (χ1v) is 10.3. The highest BCUT2D eigenvalue weighted by Crippen LogP contribution is 2.48. The molecule has 1 fully saturated rings. The Labute approximate surface area is 172 Å². The molecule has 1 unspecified atom stereocenters. The maximum absolute atomic E-state index is 12.4. The number of benzene rings is 2. The lowest BCUT2D eigenvalue weighted by atomic mass is 9.75. The van der Waals surface area contributed by atoms with Crippen LogP contribution in [-0.2, 0) is 4.74 Å². The predicted octanol–water partition coefficient (Wildman–Crippen LogP) is 5.08. The molecule has 4 rings (SSSR count). The van der Waals surface area contributed by atoms with Crippen LogP contribution in [0.2, 0.25) is 0 Å². The SMILES string of the molecule is CC(C)(C)OC(=O)N1CCC2(CC1)CC(c1ccccc1)c1cc(O)ccc1O2. The summed E-state index contributed by atoms with van der Waals surface area (Å²) >= 11 is 0. The highest BCUT2D eigenvalue weighted by Gasteiger charge is 2.45. The molecule has 0 aromatic heterocycles. The third kappa shape index (κ3) is 4.19. The first-order chi connectivity index (χ1) is 13.7. The molecule has 2 aliphatic rings. The fourth-order valence-electron chi connectivity index (χ4n) is 4.37. The van der Waals surface area contributed by atoms with Crippen LogP contribution < -0.4 is 4.74 Å². The summed E-state index contributed by atoms with van der Waals surface area (Å²) in [6.45, 7) is 6.89. The van der Waals surface area contributed by atoms with E-state index in [1.165, 1.54) is 5.56 Å². The summed E-state index contributed by atoms with van der Waals surface area (Å²) in [5.41, 5.74) is 1.43. The van der Waals surface area contributed by atoms with Gasteiger partial charge in [-0.3, -0.25) is 0 Å². The zero-order valence-corrected chi connectivity index (χ0v) is 17.4. The van der Waals surface area contributed by atoms with Crippen molar-refractivity contribution >= 4 is 6.09 Å². The number of phenolic OH excluding ortho intramolecular Hbond substituents is 1. The molecule has 2 aromatic rings. The van der Waals surface area contributed by atoms with Gasteiger partial charge in [0.05, 0.1) is 0 Å². The minimum Gasteiger partial charge on any atom is -0.508 e. The second kappa shape index (κ2) is 7.29. The number of fused-ring (bicyclic) bond motifs is 1. The first-order valence-electron chi connectivity index (χ1n) is 10.3. The fraction of sp³-hybridized carbons (Fsp3) is 0.458. The number of hydrogen-bond acceptors (Lipinski definition) is 4. The van der Waals surface area contributed by atoms with E-state index in [1.807, 2.05) is 51.1 Å². The molecular weight excluding hydrogens is 366 g/mol. The molecule has 1 amide bonds. The number of piperidine rings is 1. The van der Waals surface area contributed by atoms with Crippen molar-refractivity contribution in [3.05, 3.63) is 59.7 Å². The number of aromatic hydroxyl groups is 1. The molecule has 154 valence electrons. The first kappa shape index (κ1) is 19.6. The Bertz CT molecular complexity index is 879. The molecule has 1 N–H and O–H groups in total. The highest BCUT2D eigenvalue weighted by atomic mass is 16.6. The molecule has 2 aromatic carbocycles. The zero-order chi connectivity index (χ0) is 20.6. The van der Waals surface area contributed by atoms with E-state index in [-0.39, 0.29) is 23.4 Å². The summed E-state index contributed by atoms with van der Waals surface area (Å²) < 4.78 is 12.0. The lowest BCUT2D eigenvalue weighted by Crippen LogP contribution is -2.52. The Hall–Kier alpha value is -2.69. The van der Waals surface area contributed by atoms with Gasteiger partial charge in [-0.25, -0.2) is 4.79 Å². The van der Waals surface area contributed by atoms with E-state index in [9.17, 15) is 9.90 Å². The summed E-state index contributed by atoms with van der Waals surface area (Å²) in [4.78, 5) is 14.2. The van der Waals surface area contributed by atoms with Crippen molar-refractivity contribution in [3.63, 3.8) is 0 Å². The van der Waals surface area contributed by atoms with Crippen LogP contribution in [0, 0.1) is 0 Å². The molecule has 1 spiro atoms. The molecule has 1 atom stereocenters. The van der Waals surface area contributed by atoms with Crippen LogP contribution in [0.1, 0.15) is 57.1 Å². The zero-order valence-electron chi connectivity index (χ0n) is 17.4. The molecule has 0 bridgehead atoms. The third-order valence-corrected chi connectivity index (χ3v) is 5.80. The van der Waals surface area contributed by atoms with E-state index >= 15 is 0 Å². The van der Waals surface area contributed by atoms with Gasteiger partial charge in [0.15, 0.2) is 0 Å². The fourth-order valence-corrected chi connectivity index (χ4v) is 4.37. The number of ether oxygens (including phenoxy) is 2. The van der Waals surface area contributed by atoms with Gasteiger partial charge in [0.25, 0.3) is 0 Å². The molecule has 0 saturated carbocycles. The number of hydrogen-bond donors (Lipinski definition) is 1. The number of amides is 1. The minimum atomic E-state index is -0.493.